The molecule has 1 aliphatic heterocycles. The van der Waals surface area contributed by atoms with Crippen LogP contribution < -0.4 is 4.90 Å². The number of benzene rings is 1. The molecule has 0 saturated carbocycles. The fourth-order valence-electron chi connectivity index (χ4n) is 4.85. The van der Waals surface area contributed by atoms with Crippen molar-refractivity contribution in [2.75, 3.05) is 44.9 Å². The van der Waals surface area contributed by atoms with Gasteiger partial charge in [-0.1, -0.05) is 13.8 Å². The molecule has 1 aromatic carbocycles. The highest BCUT2D eigenvalue weighted by Crippen LogP contribution is 2.42. The number of methoxy groups -OCH3 is 1. The first-order valence-electron chi connectivity index (χ1n) is 12.2. The Labute approximate surface area is 209 Å². The van der Waals surface area contributed by atoms with Crippen LogP contribution in [0.3, 0.4) is 0 Å². The summed E-state index contributed by atoms with van der Waals surface area (Å²) in [6, 6.07) is 9.18. The second kappa shape index (κ2) is 10.4. The zero-order valence-electron chi connectivity index (χ0n) is 21.2. The topological polar surface area (TPSA) is 59.8 Å². The third kappa shape index (κ3) is 5.53. The Hall–Kier alpha value is -2.62. The molecule has 1 fully saturated rings. The van der Waals surface area contributed by atoms with E-state index in [0.717, 1.165) is 29.7 Å². The van der Waals surface area contributed by atoms with E-state index in [1.54, 1.807) is 31.5 Å². The van der Waals surface area contributed by atoms with Gasteiger partial charge >= 0.3 is 6.18 Å². The second-order valence-electron chi connectivity index (χ2n) is 10.1. The molecular formula is C27H34F3N3O3. The molecule has 1 aliphatic rings. The van der Waals surface area contributed by atoms with Gasteiger partial charge in [0.25, 0.3) is 0 Å². The van der Waals surface area contributed by atoms with Gasteiger partial charge in [-0.15, -0.1) is 0 Å². The second-order valence-corrected chi connectivity index (χ2v) is 10.1. The summed E-state index contributed by atoms with van der Waals surface area (Å²) in [6.07, 6.45) is -2.83. The van der Waals surface area contributed by atoms with Crippen LogP contribution in [0.2, 0.25) is 0 Å². The maximum absolute atomic E-state index is 14.0. The number of aromatic nitrogens is 2. The van der Waals surface area contributed by atoms with E-state index in [4.69, 9.17) is 9.47 Å². The SMILES string of the molecule is CO[C@@H](C)c1ncccc1-c1c(CC(C)(C)CO)c2cc(N3CCOCC3)ccc2n1CC(F)(F)F. The lowest BCUT2D eigenvalue weighted by Gasteiger charge is -2.29. The van der Waals surface area contributed by atoms with E-state index < -0.39 is 24.2 Å². The number of nitrogens with zero attached hydrogens (tertiary/aromatic N) is 3. The van der Waals surface area contributed by atoms with Crippen LogP contribution in [0.1, 0.15) is 38.1 Å². The summed E-state index contributed by atoms with van der Waals surface area (Å²) in [7, 11) is 1.55. The molecule has 2 aromatic heterocycles. The number of rotatable bonds is 8. The largest absolute Gasteiger partial charge is 0.406 e. The molecule has 4 rings (SSSR count). The van der Waals surface area contributed by atoms with Crippen molar-refractivity contribution in [1.29, 1.82) is 0 Å². The summed E-state index contributed by atoms with van der Waals surface area (Å²) in [6.45, 7) is 7.08. The van der Waals surface area contributed by atoms with E-state index >= 15 is 0 Å². The van der Waals surface area contributed by atoms with E-state index in [0.29, 0.717) is 42.1 Å². The summed E-state index contributed by atoms with van der Waals surface area (Å²) in [5.41, 5.74) is 3.31. The number of ether oxygens (including phenoxy) is 2. The molecular weight excluding hydrogens is 471 g/mol. The lowest BCUT2D eigenvalue weighted by Crippen LogP contribution is -2.36. The van der Waals surface area contributed by atoms with E-state index in [-0.39, 0.29) is 6.61 Å². The van der Waals surface area contributed by atoms with Gasteiger partial charge in [-0.3, -0.25) is 4.98 Å². The predicted octanol–water partition coefficient (Wildman–Crippen LogP) is 5.37. The van der Waals surface area contributed by atoms with Crippen molar-refractivity contribution in [1.82, 2.24) is 9.55 Å². The molecule has 0 bridgehead atoms. The molecule has 1 atom stereocenters. The van der Waals surface area contributed by atoms with Crippen LogP contribution >= 0.6 is 0 Å². The Morgan fingerprint density at radius 2 is 1.89 bits per heavy atom. The molecule has 3 heterocycles. The van der Waals surface area contributed by atoms with Gasteiger partial charge in [-0.05, 0) is 54.7 Å². The number of morpholine rings is 1. The molecule has 6 nitrogen and oxygen atoms in total. The van der Waals surface area contributed by atoms with Gasteiger partial charge in [-0.2, -0.15) is 13.2 Å². The number of hydrogen-bond donors (Lipinski definition) is 1. The molecule has 0 radical (unpaired) electrons. The van der Waals surface area contributed by atoms with E-state index in [1.807, 2.05) is 32.9 Å². The van der Waals surface area contributed by atoms with Crippen LogP contribution in [-0.4, -0.2) is 60.9 Å². The van der Waals surface area contributed by atoms with Gasteiger partial charge < -0.3 is 24.0 Å². The van der Waals surface area contributed by atoms with Gasteiger partial charge in [0, 0.05) is 55.2 Å². The van der Waals surface area contributed by atoms with Crippen LogP contribution in [0, 0.1) is 5.41 Å². The zero-order chi connectivity index (χ0) is 26.1. The first-order valence-corrected chi connectivity index (χ1v) is 12.2. The average Bonchev–Trinajstić information content (AvgIpc) is 3.14. The first-order chi connectivity index (χ1) is 17.0. The molecule has 3 aromatic rings. The van der Waals surface area contributed by atoms with E-state index in [1.165, 1.54) is 4.57 Å². The average molecular weight is 506 g/mol. The lowest BCUT2D eigenvalue weighted by atomic mass is 9.84. The smallest absolute Gasteiger partial charge is 0.396 e. The normalized spacial score (nSPS) is 16.1. The van der Waals surface area contributed by atoms with E-state index in [2.05, 4.69) is 9.88 Å². The quantitative estimate of drug-likeness (QED) is 0.446. The van der Waals surface area contributed by atoms with Crippen LogP contribution in [0.5, 0.6) is 0 Å². The van der Waals surface area contributed by atoms with Gasteiger partial charge in [0.05, 0.1) is 30.7 Å². The number of hydrogen-bond acceptors (Lipinski definition) is 5. The third-order valence-corrected chi connectivity index (χ3v) is 6.78. The molecule has 1 saturated heterocycles. The highest BCUT2D eigenvalue weighted by Gasteiger charge is 2.34. The molecule has 1 N–H and O–H groups in total. The summed E-state index contributed by atoms with van der Waals surface area (Å²) in [4.78, 5) is 6.68. The van der Waals surface area contributed by atoms with Crippen LogP contribution in [-0.2, 0) is 22.4 Å². The summed E-state index contributed by atoms with van der Waals surface area (Å²) in [5.74, 6) is 0. The number of pyridine rings is 1. The Morgan fingerprint density at radius 3 is 2.53 bits per heavy atom. The minimum atomic E-state index is -4.43. The summed E-state index contributed by atoms with van der Waals surface area (Å²) >= 11 is 0. The number of aliphatic hydroxyl groups excluding tert-OH is 1. The van der Waals surface area contributed by atoms with Crippen molar-refractivity contribution in [2.45, 2.75) is 46.0 Å². The van der Waals surface area contributed by atoms with Gasteiger partial charge in [0.15, 0.2) is 0 Å². The predicted molar refractivity (Wildman–Crippen MR) is 134 cm³/mol. The molecule has 36 heavy (non-hydrogen) atoms. The van der Waals surface area contributed by atoms with Crippen molar-refractivity contribution in [2.24, 2.45) is 5.41 Å². The van der Waals surface area contributed by atoms with Gasteiger partial charge in [0.1, 0.15) is 6.54 Å². The molecule has 9 heteroatoms. The van der Waals surface area contributed by atoms with Crippen molar-refractivity contribution in [3.63, 3.8) is 0 Å². The minimum Gasteiger partial charge on any atom is -0.396 e. The number of alkyl halides is 3. The molecule has 0 spiro atoms. The first kappa shape index (κ1) is 26.4. The molecule has 0 unspecified atom stereocenters. The monoisotopic (exact) mass is 505 g/mol. The van der Waals surface area contributed by atoms with Crippen molar-refractivity contribution in [3.05, 3.63) is 47.8 Å². The molecule has 0 amide bonds. The van der Waals surface area contributed by atoms with Crippen LogP contribution in [0.25, 0.3) is 22.2 Å². The van der Waals surface area contributed by atoms with Gasteiger partial charge in [-0.25, -0.2) is 0 Å². The minimum absolute atomic E-state index is 0.101. The lowest BCUT2D eigenvalue weighted by molar-refractivity contribution is -0.139. The molecule has 196 valence electrons. The van der Waals surface area contributed by atoms with E-state index in [9.17, 15) is 18.3 Å². The zero-order valence-corrected chi connectivity index (χ0v) is 21.2. The maximum Gasteiger partial charge on any atom is 0.406 e. The van der Waals surface area contributed by atoms with Crippen molar-refractivity contribution in [3.8, 4) is 11.3 Å². The van der Waals surface area contributed by atoms with Crippen LogP contribution in [0.15, 0.2) is 36.5 Å². The summed E-state index contributed by atoms with van der Waals surface area (Å²) in [5, 5.41) is 10.8. The van der Waals surface area contributed by atoms with Crippen molar-refractivity contribution < 1.29 is 27.8 Å². The van der Waals surface area contributed by atoms with Crippen molar-refractivity contribution >= 4 is 16.6 Å². The highest BCUT2D eigenvalue weighted by molar-refractivity contribution is 5.94. The molecule has 0 aliphatic carbocycles. The standard InChI is InChI=1S/C27H34F3N3O3/c1-18(35-4)24-20(6-5-9-31-24)25-22(15-26(2,3)17-34)21-14-19(32-10-12-36-13-11-32)7-8-23(21)33(25)16-27(28,29)30/h5-9,14,18,34H,10-13,15-17H2,1-4H3/t18-/m0/s1. The third-order valence-electron chi connectivity index (χ3n) is 6.78. The Balaban J connectivity index is 2.04. The number of anilines is 1. The Bertz CT molecular complexity index is 1200. The number of halogens is 3. The Kier molecular flexibility index (Phi) is 7.64. The summed E-state index contributed by atoms with van der Waals surface area (Å²) < 4.78 is 54.2. The number of fused-ring (bicyclic) bond motifs is 1. The Morgan fingerprint density at radius 1 is 1.17 bits per heavy atom. The number of aliphatic hydroxyl groups is 1. The fraction of sp³-hybridized carbons (Fsp3) is 0.519. The van der Waals surface area contributed by atoms with Gasteiger partial charge in [0.2, 0.25) is 0 Å². The maximum atomic E-state index is 14.0. The highest BCUT2D eigenvalue weighted by atomic mass is 19.4. The van der Waals surface area contributed by atoms with Crippen LogP contribution in [0.4, 0.5) is 18.9 Å². The fourth-order valence-corrected chi connectivity index (χ4v) is 4.85.